The molecule has 26 heavy (non-hydrogen) atoms. The third-order valence-corrected chi connectivity index (χ3v) is 4.75. The van der Waals surface area contributed by atoms with E-state index in [2.05, 4.69) is 38.5 Å². The number of piperazine rings is 1. The summed E-state index contributed by atoms with van der Waals surface area (Å²) in [5.41, 5.74) is 1.10. The molecule has 2 aliphatic heterocycles. The molecule has 2 saturated heterocycles. The number of carbonyl (C=O) groups is 1. The second-order valence-corrected chi connectivity index (χ2v) is 6.50. The van der Waals surface area contributed by atoms with Crippen LogP contribution in [0.2, 0.25) is 0 Å². The normalized spacial score (nSPS) is 20.2. The zero-order valence-corrected chi connectivity index (χ0v) is 17.6. The lowest BCUT2D eigenvalue weighted by Gasteiger charge is -2.34. The Kier molecular flexibility index (Phi) is 12.2. The van der Waals surface area contributed by atoms with Gasteiger partial charge in [0.25, 0.3) is 0 Å². The first-order chi connectivity index (χ1) is 11.2. The third-order valence-electron chi connectivity index (χ3n) is 4.75. The van der Waals surface area contributed by atoms with Crippen LogP contribution in [0.5, 0.6) is 0 Å². The Morgan fingerprint density at radius 2 is 1.96 bits per heavy atom. The number of hydrogen-bond donors (Lipinski definition) is 2. The maximum Gasteiger partial charge on any atom is 0.237 e. The fourth-order valence-corrected chi connectivity index (χ4v) is 3.25. The number of carbonyl (C=O) groups excluding carboxylic acids is 1. The van der Waals surface area contributed by atoms with Gasteiger partial charge >= 0.3 is 0 Å². The fraction of sp³-hybridized carbons (Fsp3) is 0.647. The summed E-state index contributed by atoms with van der Waals surface area (Å²) in [7, 11) is 2.15. The van der Waals surface area contributed by atoms with E-state index < -0.39 is 0 Å². The molecule has 1 aromatic rings. The van der Waals surface area contributed by atoms with Crippen LogP contribution < -0.4 is 15.5 Å². The van der Waals surface area contributed by atoms with Crippen LogP contribution in [0, 0.1) is 0 Å². The van der Waals surface area contributed by atoms with Crippen molar-refractivity contribution in [1.29, 1.82) is 0 Å². The molecule has 0 aliphatic carbocycles. The molecular weight excluding hydrogens is 397 g/mol. The van der Waals surface area contributed by atoms with Gasteiger partial charge in [-0.3, -0.25) is 4.79 Å². The summed E-state index contributed by atoms with van der Waals surface area (Å²) in [6.07, 6.45) is 5.07. The first-order valence-electron chi connectivity index (χ1n) is 8.62. The minimum Gasteiger partial charge on any atom is -0.354 e. The number of pyridine rings is 1. The number of piperidine rings is 1. The molecular formula is C17H30Cl3N5O. The van der Waals surface area contributed by atoms with Crippen molar-refractivity contribution < 1.29 is 4.79 Å². The molecule has 0 saturated carbocycles. The minimum absolute atomic E-state index is 0. The van der Waals surface area contributed by atoms with Gasteiger partial charge in [0, 0.05) is 44.5 Å². The van der Waals surface area contributed by atoms with Gasteiger partial charge in [0.1, 0.15) is 5.82 Å². The van der Waals surface area contributed by atoms with Crippen molar-refractivity contribution in [3.05, 3.63) is 23.9 Å². The van der Waals surface area contributed by atoms with Crippen molar-refractivity contribution in [2.75, 3.05) is 44.7 Å². The van der Waals surface area contributed by atoms with Crippen molar-refractivity contribution in [3.63, 3.8) is 0 Å². The monoisotopic (exact) mass is 425 g/mol. The lowest BCUT2D eigenvalue weighted by molar-refractivity contribution is -0.123. The average Bonchev–Trinajstić information content (AvgIpc) is 2.61. The van der Waals surface area contributed by atoms with Crippen molar-refractivity contribution >= 4 is 48.9 Å². The molecule has 2 N–H and O–H groups in total. The lowest BCUT2D eigenvalue weighted by atomic mass is 10.0. The van der Waals surface area contributed by atoms with Crippen LogP contribution in [0.3, 0.4) is 0 Å². The standard InChI is InChI=1S/C17H27N5O.3ClH/c1-21-9-11-22(12-10-21)16-14(5-4-8-19-16)13-20-17(23)15-6-2-3-7-18-15;;;/h4-5,8,15,18H,2-3,6-7,9-13H2,1H3,(H,20,23);3*1H/t15-;;;/m1.../s1. The molecule has 0 unspecified atom stereocenters. The Balaban J connectivity index is 0.00000208. The van der Waals surface area contributed by atoms with Crippen molar-refractivity contribution in [1.82, 2.24) is 20.5 Å². The van der Waals surface area contributed by atoms with Crippen LogP contribution in [-0.2, 0) is 11.3 Å². The summed E-state index contributed by atoms with van der Waals surface area (Å²) in [4.78, 5) is 21.5. The Morgan fingerprint density at radius 3 is 2.62 bits per heavy atom. The third kappa shape index (κ3) is 6.74. The van der Waals surface area contributed by atoms with Gasteiger partial charge in [-0.15, -0.1) is 37.2 Å². The van der Waals surface area contributed by atoms with Gasteiger partial charge in [0.15, 0.2) is 0 Å². The zero-order chi connectivity index (χ0) is 16.1. The molecule has 150 valence electrons. The van der Waals surface area contributed by atoms with Gasteiger partial charge in [0.2, 0.25) is 5.91 Å². The number of rotatable bonds is 4. The molecule has 1 amide bonds. The number of amides is 1. The molecule has 1 aromatic heterocycles. The molecule has 0 bridgehead atoms. The van der Waals surface area contributed by atoms with Gasteiger partial charge < -0.3 is 20.4 Å². The summed E-state index contributed by atoms with van der Waals surface area (Å²) in [6.45, 7) is 5.56. The minimum atomic E-state index is -0.0347. The quantitative estimate of drug-likeness (QED) is 0.769. The molecule has 0 aromatic carbocycles. The largest absolute Gasteiger partial charge is 0.354 e. The summed E-state index contributed by atoms with van der Waals surface area (Å²) < 4.78 is 0. The maximum absolute atomic E-state index is 12.3. The van der Waals surface area contributed by atoms with Crippen molar-refractivity contribution in [2.24, 2.45) is 0 Å². The van der Waals surface area contributed by atoms with E-state index in [9.17, 15) is 4.79 Å². The first-order valence-corrected chi connectivity index (χ1v) is 8.62. The van der Waals surface area contributed by atoms with Crippen LogP contribution in [0.25, 0.3) is 0 Å². The van der Waals surface area contributed by atoms with E-state index in [0.29, 0.717) is 6.54 Å². The topological polar surface area (TPSA) is 60.5 Å². The molecule has 9 heteroatoms. The van der Waals surface area contributed by atoms with E-state index in [1.54, 1.807) is 0 Å². The number of hydrogen-bond acceptors (Lipinski definition) is 5. The summed E-state index contributed by atoms with van der Waals surface area (Å²) in [5.74, 6) is 1.12. The van der Waals surface area contributed by atoms with E-state index in [-0.39, 0.29) is 49.2 Å². The first kappa shape index (κ1) is 25.2. The van der Waals surface area contributed by atoms with Crippen LogP contribution in [0.15, 0.2) is 18.3 Å². The molecule has 1 atom stereocenters. The van der Waals surface area contributed by atoms with E-state index in [1.165, 1.54) is 6.42 Å². The Labute approximate surface area is 174 Å². The SMILES string of the molecule is CN1CCN(c2ncccc2CNC(=O)[C@H]2CCCCN2)CC1.Cl.Cl.Cl. The van der Waals surface area contributed by atoms with Crippen LogP contribution in [-0.4, -0.2) is 61.6 Å². The predicted molar refractivity (Wildman–Crippen MR) is 113 cm³/mol. The number of likely N-dealkylation sites (N-methyl/N-ethyl adjacent to an activating group) is 1. The van der Waals surface area contributed by atoms with E-state index in [1.807, 2.05) is 12.3 Å². The zero-order valence-electron chi connectivity index (χ0n) is 15.1. The van der Waals surface area contributed by atoms with Crippen LogP contribution >= 0.6 is 37.2 Å². The van der Waals surface area contributed by atoms with Gasteiger partial charge in [-0.1, -0.05) is 12.5 Å². The highest BCUT2D eigenvalue weighted by molar-refractivity contribution is 5.86. The summed E-state index contributed by atoms with van der Waals surface area (Å²) >= 11 is 0. The summed E-state index contributed by atoms with van der Waals surface area (Å²) in [6, 6.07) is 3.97. The lowest BCUT2D eigenvalue weighted by Crippen LogP contribution is -2.47. The number of nitrogens with zero attached hydrogens (tertiary/aromatic N) is 3. The number of aromatic nitrogens is 1. The average molecular weight is 427 g/mol. The van der Waals surface area contributed by atoms with E-state index in [4.69, 9.17) is 0 Å². The van der Waals surface area contributed by atoms with Gasteiger partial charge in [-0.05, 0) is 32.5 Å². The molecule has 6 nitrogen and oxygen atoms in total. The van der Waals surface area contributed by atoms with Crippen molar-refractivity contribution in [2.45, 2.75) is 31.8 Å². The van der Waals surface area contributed by atoms with Crippen LogP contribution in [0.4, 0.5) is 5.82 Å². The molecule has 2 aliphatic rings. The molecule has 0 spiro atoms. The van der Waals surface area contributed by atoms with Crippen LogP contribution in [0.1, 0.15) is 24.8 Å². The second kappa shape index (κ2) is 12.6. The summed E-state index contributed by atoms with van der Waals surface area (Å²) in [5, 5.41) is 6.37. The second-order valence-electron chi connectivity index (χ2n) is 6.50. The molecule has 3 heterocycles. The highest BCUT2D eigenvalue weighted by Gasteiger charge is 2.21. The number of halogens is 3. The highest BCUT2D eigenvalue weighted by atomic mass is 35.5. The van der Waals surface area contributed by atoms with Gasteiger partial charge in [-0.2, -0.15) is 0 Å². The Bertz CT molecular complexity index is 535. The maximum atomic E-state index is 12.3. The predicted octanol–water partition coefficient (Wildman–Crippen LogP) is 1.86. The van der Waals surface area contributed by atoms with E-state index in [0.717, 1.165) is 56.9 Å². The number of nitrogens with one attached hydrogen (secondary N) is 2. The van der Waals surface area contributed by atoms with Crippen molar-refractivity contribution in [3.8, 4) is 0 Å². The molecule has 0 radical (unpaired) electrons. The Morgan fingerprint density at radius 1 is 1.23 bits per heavy atom. The van der Waals surface area contributed by atoms with E-state index >= 15 is 0 Å². The number of anilines is 1. The van der Waals surface area contributed by atoms with Gasteiger partial charge in [0.05, 0.1) is 6.04 Å². The molecule has 3 rings (SSSR count). The Hall–Kier alpha value is -0.790. The molecule has 2 fully saturated rings. The highest BCUT2D eigenvalue weighted by Crippen LogP contribution is 2.18. The van der Waals surface area contributed by atoms with Gasteiger partial charge in [-0.25, -0.2) is 4.98 Å². The fourth-order valence-electron chi connectivity index (χ4n) is 3.25. The smallest absolute Gasteiger partial charge is 0.237 e.